The number of hydrogen-bond donors (Lipinski definition) is 1. The van der Waals surface area contributed by atoms with Crippen LogP contribution in [0.4, 0.5) is 10.1 Å². The number of benzene rings is 1. The first-order valence-electron chi connectivity index (χ1n) is 5.80. The Morgan fingerprint density at radius 3 is 2.88 bits per heavy atom. The van der Waals surface area contributed by atoms with Gasteiger partial charge in [-0.3, -0.25) is 4.99 Å². The second-order valence-corrected chi connectivity index (χ2v) is 5.60. The SMILES string of the molecule is Cc1c(F)cccc1NC1=NC(C(C)C)CS1. The van der Waals surface area contributed by atoms with Gasteiger partial charge in [0, 0.05) is 17.0 Å². The van der Waals surface area contributed by atoms with E-state index in [4.69, 9.17) is 0 Å². The molecular weight excluding hydrogens is 235 g/mol. The molecule has 2 rings (SSSR count). The summed E-state index contributed by atoms with van der Waals surface area (Å²) in [6, 6.07) is 5.44. The van der Waals surface area contributed by atoms with E-state index in [2.05, 4.69) is 24.2 Å². The maximum atomic E-state index is 13.4. The molecule has 1 unspecified atom stereocenters. The van der Waals surface area contributed by atoms with Crippen LogP contribution in [-0.4, -0.2) is 17.0 Å². The molecule has 0 amide bonds. The van der Waals surface area contributed by atoms with Gasteiger partial charge in [0.05, 0.1) is 6.04 Å². The van der Waals surface area contributed by atoms with Crippen LogP contribution in [0.25, 0.3) is 0 Å². The smallest absolute Gasteiger partial charge is 0.161 e. The Morgan fingerprint density at radius 2 is 2.24 bits per heavy atom. The zero-order valence-electron chi connectivity index (χ0n) is 10.3. The molecule has 1 atom stereocenters. The molecular formula is C13H17FN2S. The van der Waals surface area contributed by atoms with E-state index in [0.29, 0.717) is 17.5 Å². The lowest BCUT2D eigenvalue weighted by molar-refractivity contribution is 0.543. The van der Waals surface area contributed by atoms with E-state index in [9.17, 15) is 4.39 Å². The van der Waals surface area contributed by atoms with Gasteiger partial charge in [0.2, 0.25) is 0 Å². The van der Waals surface area contributed by atoms with Crippen LogP contribution in [0, 0.1) is 18.7 Å². The molecule has 1 aromatic rings. The molecule has 0 saturated heterocycles. The normalized spacial score (nSPS) is 19.6. The number of nitrogens with one attached hydrogen (secondary N) is 1. The first-order valence-corrected chi connectivity index (χ1v) is 6.79. The van der Waals surface area contributed by atoms with E-state index < -0.39 is 0 Å². The van der Waals surface area contributed by atoms with Gasteiger partial charge in [0.1, 0.15) is 5.82 Å². The zero-order chi connectivity index (χ0) is 12.4. The lowest BCUT2D eigenvalue weighted by atomic mass is 10.1. The molecule has 0 radical (unpaired) electrons. The molecule has 1 aliphatic rings. The molecule has 4 heteroatoms. The van der Waals surface area contributed by atoms with E-state index in [1.165, 1.54) is 6.07 Å². The average molecular weight is 252 g/mol. The highest BCUT2D eigenvalue weighted by Crippen LogP contribution is 2.26. The van der Waals surface area contributed by atoms with Crippen LogP contribution in [-0.2, 0) is 0 Å². The minimum Gasteiger partial charge on any atom is -0.335 e. The summed E-state index contributed by atoms with van der Waals surface area (Å²) < 4.78 is 13.4. The number of rotatable bonds is 2. The zero-order valence-corrected chi connectivity index (χ0v) is 11.1. The second kappa shape index (κ2) is 5.08. The Bertz CT molecular complexity index is 443. The Balaban J connectivity index is 2.12. The van der Waals surface area contributed by atoms with E-state index in [-0.39, 0.29) is 5.82 Å². The topological polar surface area (TPSA) is 24.4 Å². The van der Waals surface area contributed by atoms with Crippen LogP contribution in [0.15, 0.2) is 23.2 Å². The Labute approximate surface area is 106 Å². The standard InChI is InChI=1S/C13H17FN2S/c1-8(2)12-7-17-13(16-12)15-11-6-4-5-10(14)9(11)3/h4-6,8,12H,7H2,1-3H3,(H,15,16). The van der Waals surface area contributed by atoms with Gasteiger partial charge in [-0.05, 0) is 25.0 Å². The van der Waals surface area contributed by atoms with E-state index in [1.54, 1.807) is 24.8 Å². The highest BCUT2D eigenvalue weighted by molar-refractivity contribution is 8.14. The Hall–Kier alpha value is -1.03. The number of halogens is 1. The summed E-state index contributed by atoms with van der Waals surface area (Å²) in [5.74, 6) is 1.38. The number of anilines is 1. The molecule has 0 aliphatic carbocycles. The third-order valence-corrected chi connectivity index (χ3v) is 3.94. The van der Waals surface area contributed by atoms with E-state index >= 15 is 0 Å². The predicted molar refractivity (Wildman–Crippen MR) is 73.3 cm³/mol. The minimum absolute atomic E-state index is 0.181. The summed E-state index contributed by atoms with van der Waals surface area (Å²) in [5, 5.41) is 4.11. The van der Waals surface area contributed by atoms with Crippen LogP contribution in [0.1, 0.15) is 19.4 Å². The van der Waals surface area contributed by atoms with Crippen LogP contribution in [0.3, 0.4) is 0 Å². The first kappa shape index (κ1) is 12.4. The van der Waals surface area contributed by atoms with Crippen molar-refractivity contribution in [3.05, 3.63) is 29.6 Å². The highest BCUT2D eigenvalue weighted by Gasteiger charge is 2.21. The molecule has 2 nitrogen and oxygen atoms in total. The second-order valence-electron chi connectivity index (χ2n) is 4.59. The maximum Gasteiger partial charge on any atom is 0.161 e. The van der Waals surface area contributed by atoms with Crippen molar-refractivity contribution in [1.82, 2.24) is 0 Å². The van der Waals surface area contributed by atoms with Gasteiger partial charge in [-0.2, -0.15) is 0 Å². The molecule has 0 aromatic heterocycles. The number of aliphatic imine (C=N–C) groups is 1. The van der Waals surface area contributed by atoms with Gasteiger partial charge in [-0.15, -0.1) is 0 Å². The minimum atomic E-state index is -0.181. The molecule has 0 fully saturated rings. The van der Waals surface area contributed by atoms with Crippen LogP contribution >= 0.6 is 11.8 Å². The predicted octanol–water partition coefficient (Wildman–Crippen LogP) is 3.67. The third kappa shape index (κ3) is 2.80. The summed E-state index contributed by atoms with van der Waals surface area (Å²) in [6.45, 7) is 6.12. The van der Waals surface area contributed by atoms with Crippen molar-refractivity contribution in [3.8, 4) is 0 Å². The summed E-state index contributed by atoms with van der Waals surface area (Å²) in [7, 11) is 0. The molecule has 0 saturated carbocycles. The summed E-state index contributed by atoms with van der Waals surface area (Å²) in [6.07, 6.45) is 0. The largest absolute Gasteiger partial charge is 0.335 e. The van der Waals surface area contributed by atoms with Gasteiger partial charge in [-0.1, -0.05) is 31.7 Å². The fraction of sp³-hybridized carbons (Fsp3) is 0.462. The van der Waals surface area contributed by atoms with Crippen molar-refractivity contribution in [3.63, 3.8) is 0 Å². The summed E-state index contributed by atoms with van der Waals surface area (Å²) in [5.41, 5.74) is 1.45. The fourth-order valence-corrected chi connectivity index (χ4v) is 2.84. The van der Waals surface area contributed by atoms with E-state index in [1.807, 2.05) is 6.07 Å². The van der Waals surface area contributed by atoms with Gasteiger partial charge in [0.25, 0.3) is 0 Å². The summed E-state index contributed by atoms with van der Waals surface area (Å²) in [4.78, 5) is 4.60. The molecule has 1 aromatic carbocycles. The molecule has 92 valence electrons. The van der Waals surface area contributed by atoms with Crippen molar-refractivity contribution in [2.45, 2.75) is 26.8 Å². The quantitative estimate of drug-likeness (QED) is 0.868. The van der Waals surface area contributed by atoms with Crippen molar-refractivity contribution in [2.75, 3.05) is 11.1 Å². The van der Waals surface area contributed by atoms with Crippen molar-refractivity contribution in [1.29, 1.82) is 0 Å². The lowest BCUT2D eigenvalue weighted by Crippen LogP contribution is -2.12. The van der Waals surface area contributed by atoms with Gasteiger partial charge >= 0.3 is 0 Å². The van der Waals surface area contributed by atoms with Crippen LogP contribution in [0.2, 0.25) is 0 Å². The van der Waals surface area contributed by atoms with Crippen LogP contribution < -0.4 is 5.32 Å². The Kier molecular flexibility index (Phi) is 3.72. The number of amidine groups is 1. The van der Waals surface area contributed by atoms with Crippen molar-refractivity contribution < 1.29 is 4.39 Å². The maximum absolute atomic E-state index is 13.4. The van der Waals surface area contributed by atoms with Crippen molar-refractivity contribution >= 4 is 22.6 Å². The van der Waals surface area contributed by atoms with E-state index in [0.717, 1.165) is 16.6 Å². The Morgan fingerprint density at radius 1 is 1.47 bits per heavy atom. The number of thioether (sulfide) groups is 1. The number of hydrogen-bond acceptors (Lipinski definition) is 3. The molecule has 0 bridgehead atoms. The lowest BCUT2D eigenvalue weighted by Gasteiger charge is -2.09. The average Bonchev–Trinajstić information content (AvgIpc) is 2.73. The monoisotopic (exact) mass is 252 g/mol. The fourth-order valence-electron chi connectivity index (χ4n) is 1.66. The molecule has 17 heavy (non-hydrogen) atoms. The van der Waals surface area contributed by atoms with Crippen molar-refractivity contribution in [2.24, 2.45) is 10.9 Å². The molecule has 1 heterocycles. The van der Waals surface area contributed by atoms with Gasteiger partial charge < -0.3 is 5.32 Å². The highest BCUT2D eigenvalue weighted by atomic mass is 32.2. The molecule has 1 N–H and O–H groups in total. The third-order valence-electron chi connectivity index (χ3n) is 2.95. The summed E-state index contributed by atoms with van der Waals surface area (Å²) >= 11 is 1.70. The van der Waals surface area contributed by atoms with Gasteiger partial charge in [-0.25, -0.2) is 4.39 Å². The van der Waals surface area contributed by atoms with Crippen LogP contribution in [0.5, 0.6) is 0 Å². The first-order chi connectivity index (χ1) is 8.08. The molecule has 1 aliphatic heterocycles. The van der Waals surface area contributed by atoms with Gasteiger partial charge in [0.15, 0.2) is 5.17 Å². The number of nitrogens with zero attached hydrogens (tertiary/aromatic N) is 1. The molecule has 0 spiro atoms.